The van der Waals surface area contributed by atoms with Gasteiger partial charge in [-0.05, 0) is 98.5 Å². The van der Waals surface area contributed by atoms with Crippen molar-refractivity contribution in [2.45, 2.75) is 97.5 Å². The fourth-order valence-electron chi connectivity index (χ4n) is 11.2. The molecule has 1 spiro atoms. The normalized spacial score (nSPS) is 17.5. The molecule has 0 saturated carbocycles. The number of aromatic nitrogens is 1. The van der Waals surface area contributed by atoms with Crippen molar-refractivity contribution in [3.8, 4) is 61.5 Å². The Morgan fingerprint density at radius 2 is 1.17 bits per heavy atom. The van der Waals surface area contributed by atoms with Gasteiger partial charge in [0.2, 0.25) is 5.69 Å². The zero-order valence-corrected chi connectivity index (χ0v) is 39.9. The van der Waals surface area contributed by atoms with Gasteiger partial charge in [-0.1, -0.05) is 177 Å². The molecule has 4 aliphatic heterocycles. The van der Waals surface area contributed by atoms with E-state index in [4.69, 9.17) is 4.74 Å². The first-order valence-electron chi connectivity index (χ1n) is 23.7. The number of aryl methyl sites for hydroxylation is 1. The Bertz CT molecular complexity index is 3290. The van der Waals surface area contributed by atoms with Gasteiger partial charge in [-0.15, -0.1) is 4.57 Å². The minimum Gasteiger partial charge on any atom is -0.410 e. The summed E-state index contributed by atoms with van der Waals surface area (Å²) in [5, 5.41) is 0. The van der Waals surface area contributed by atoms with Crippen molar-refractivity contribution in [3.05, 3.63) is 197 Å². The Hall–Kier alpha value is -6.91. The van der Waals surface area contributed by atoms with E-state index in [9.17, 15) is 0 Å². The van der Waals surface area contributed by atoms with Crippen LogP contribution in [-0.4, -0.2) is 0 Å². The topological polar surface area (TPSA) is 19.6 Å². The number of ether oxygens (including phenoxy) is 1. The van der Waals surface area contributed by atoms with E-state index in [-0.39, 0.29) is 22.4 Å². The molecule has 4 heteroatoms. The molecule has 0 fully saturated rings. The quantitative estimate of drug-likeness (QED) is 0.164. The van der Waals surface area contributed by atoms with Crippen LogP contribution in [0.4, 0.5) is 17.1 Å². The molecule has 0 saturated heterocycles. The fourth-order valence-corrected chi connectivity index (χ4v) is 11.2. The van der Waals surface area contributed by atoms with E-state index in [0.717, 1.165) is 11.4 Å². The van der Waals surface area contributed by atoms with Gasteiger partial charge >= 0.3 is 5.85 Å². The molecule has 12 rings (SSSR count). The monoisotopic (exact) mass is 860 g/mol. The minimum absolute atomic E-state index is 0.0399. The molecule has 66 heavy (non-hydrogen) atoms. The van der Waals surface area contributed by atoms with Crippen LogP contribution in [0.1, 0.15) is 102 Å². The highest BCUT2D eigenvalue weighted by atomic mass is 16.5. The van der Waals surface area contributed by atoms with Crippen molar-refractivity contribution in [2.24, 2.45) is 0 Å². The number of rotatable bonds is 4. The van der Waals surface area contributed by atoms with E-state index >= 15 is 0 Å². The lowest BCUT2D eigenvalue weighted by Gasteiger charge is -2.49. The summed E-state index contributed by atoms with van der Waals surface area (Å²) in [4.78, 5) is 5.33. The Morgan fingerprint density at radius 1 is 0.500 bits per heavy atom. The molecule has 5 heterocycles. The summed E-state index contributed by atoms with van der Waals surface area (Å²) in [5.74, 6) is -0.0875. The molecule has 0 radical (unpaired) electrons. The summed E-state index contributed by atoms with van der Waals surface area (Å²) in [5.41, 5.74) is 22.6. The van der Waals surface area contributed by atoms with Crippen LogP contribution in [0.25, 0.3) is 55.8 Å². The van der Waals surface area contributed by atoms with Crippen LogP contribution >= 0.6 is 0 Å². The Kier molecular flexibility index (Phi) is 8.49. The lowest BCUT2D eigenvalue weighted by Crippen LogP contribution is -2.71. The third-order valence-corrected chi connectivity index (χ3v) is 14.7. The Balaban J connectivity index is 1.24. The molecule has 2 atom stereocenters. The SMILES string of the molecule is Cc1ccc(-c2cc[n+]3c(c2)-c2cc(-c4ccccc4)cc4c2C32Oc3c(cc(C(C)(C)C)cc3C(C)(C)C)C3N(c5ccc(C(C)(C)C)cc5-c5ccccc5)c5cccc-4c5N32)cc1. The van der Waals surface area contributed by atoms with Gasteiger partial charge < -0.3 is 9.64 Å². The minimum atomic E-state index is -1.06. The van der Waals surface area contributed by atoms with Crippen molar-refractivity contribution in [2.75, 3.05) is 9.80 Å². The number of anilines is 3. The number of hydrogen-bond acceptors (Lipinski definition) is 3. The molecule has 0 bridgehead atoms. The van der Waals surface area contributed by atoms with Gasteiger partial charge in [0.25, 0.3) is 0 Å². The molecule has 326 valence electrons. The highest BCUT2D eigenvalue weighted by Gasteiger charge is 2.70. The van der Waals surface area contributed by atoms with Gasteiger partial charge in [-0.25, -0.2) is 4.90 Å². The largest absolute Gasteiger partial charge is 0.432 e. The van der Waals surface area contributed by atoms with Crippen molar-refractivity contribution in [1.29, 1.82) is 0 Å². The van der Waals surface area contributed by atoms with Gasteiger partial charge in [-0.3, -0.25) is 0 Å². The van der Waals surface area contributed by atoms with E-state index in [1.165, 1.54) is 101 Å². The first kappa shape index (κ1) is 40.6. The van der Waals surface area contributed by atoms with Gasteiger partial charge in [-0.2, -0.15) is 0 Å². The predicted octanol–water partition coefficient (Wildman–Crippen LogP) is 15.5. The fraction of sp³-hybridized carbons (Fsp3) is 0.242. The highest BCUT2D eigenvalue weighted by molar-refractivity contribution is 6.03. The summed E-state index contributed by atoms with van der Waals surface area (Å²) in [6.07, 6.45) is 2.05. The van der Waals surface area contributed by atoms with Crippen LogP contribution in [0, 0.1) is 6.92 Å². The molecular weight excluding hydrogens is 803 g/mol. The van der Waals surface area contributed by atoms with Gasteiger partial charge in [0.05, 0.1) is 22.6 Å². The highest BCUT2D eigenvalue weighted by Crippen LogP contribution is 2.68. The molecule has 8 aromatic rings. The molecular formula is C62H58N3O+. The third kappa shape index (κ3) is 5.79. The molecule has 2 unspecified atom stereocenters. The Labute approximate surface area is 390 Å². The van der Waals surface area contributed by atoms with Crippen molar-refractivity contribution in [3.63, 3.8) is 0 Å². The predicted molar refractivity (Wildman–Crippen MR) is 273 cm³/mol. The first-order valence-corrected chi connectivity index (χ1v) is 23.7. The third-order valence-electron chi connectivity index (χ3n) is 14.7. The second-order valence-corrected chi connectivity index (χ2v) is 22.1. The van der Waals surface area contributed by atoms with Crippen molar-refractivity contribution in [1.82, 2.24) is 0 Å². The van der Waals surface area contributed by atoms with Crippen LogP contribution in [0.3, 0.4) is 0 Å². The summed E-state index contributed by atoms with van der Waals surface area (Å²) < 4.78 is 10.7. The maximum absolute atomic E-state index is 8.20. The lowest BCUT2D eigenvalue weighted by molar-refractivity contribution is -0.774. The standard InChI is InChI=1S/C62H58N3O/c1-38-24-26-40(27-25-38)42-30-31-63-54(34-42)49-33-43(39-18-13-11-14-19-39)32-48-46-22-17-23-53-56(46)65-58(64(53)52-29-28-44(59(2,3)4)35-47(52)41-20-15-12-16-21-41)50-36-45(60(5,6)7)37-51(61(8,9)10)57(50)66-62(63,65)55(48)49/h11-37,58H,1-10H3/q+1. The molecule has 4 aliphatic rings. The average Bonchev–Trinajstić information content (AvgIpc) is 3.79. The van der Waals surface area contributed by atoms with Crippen LogP contribution in [0.5, 0.6) is 5.75 Å². The number of nitrogens with zero attached hydrogens (tertiary/aromatic N) is 3. The summed E-state index contributed by atoms with van der Waals surface area (Å²) in [7, 11) is 0. The summed E-state index contributed by atoms with van der Waals surface area (Å²) in [6, 6.07) is 59.5. The van der Waals surface area contributed by atoms with Crippen LogP contribution in [-0.2, 0) is 22.1 Å². The van der Waals surface area contributed by atoms with Gasteiger partial charge in [0.15, 0.2) is 6.20 Å². The summed E-state index contributed by atoms with van der Waals surface area (Å²) in [6.45, 7) is 23.2. The maximum atomic E-state index is 8.20. The van der Waals surface area contributed by atoms with E-state index in [2.05, 4.69) is 248 Å². The number of hydrogen-bond donors (Lipinski definition) is 0. The molecule has 0 amide bonds. The van der Waals surface area contributed by atoms with Crippen LogP contribution in [0.15, 0.2) is 164 Å². The molecule has 1 aromatic heterocycles. The van der Waals surface area contributed by atoms with Gasteiger partial charge in [0, 0.05) is 39.9 Å². The first-order chi connectivity index (χ1) is 31.5. The number of para-hydroxylation sites is 1. The van der Waals surface area contributed by atoms with E-state index in [1.54, 1.807) is 0 Å². The molecule has 4 nitrogen and oxygen atoms in total. The molecule has 0 aliphatic carbocycles. The molecule has 7 aromatic carbocycles. The smallest absolute Gasteiger partial charge is 0.410 e. The van der Waals surface area contributed by atoms with Crippen LogP contribution < -0.4 is 19.1 Å². The zero-order chi connectivity index (χ0) is 45.7. The second-order valence-electron chi connectivity index (χ2n) is 22.1. The number of fused-ring (bicyclic) bond motifs is 5. The van der Waals surface area contributed by atoms with E-state index < -0.39 is 5.85 Å². The zero-order valence-electron chi connectivity index (χ0n) is 39.9. The van der Waals surface area contributed by atoms with Crippen molar-refractivity contribution >= 4 is 17.1 Å². The molecule has 0 N–H and O–H groups in total. The van der Waals surface area contributed by atoms with Gasteiger partial charge in [0.1, 0.15) is 17.5 Å². The summed E-state index contributed by atoms with van der Waals surface area (Å²) >= 11 is 0. The van der Waals surface area contributed by atoms with Crippen LogP contribution in [0.2, 0.25) is 0 Å². The number of benzene rings is 7. The Morgan fingerprint density at radius 3 is 1.85 bits per heavy atom. The second kappa shape index (κ2) is 13.8. The van der Waals surface area contributed by atoms with Crippen molar-refractivity contribution < 1.29 is 9.30 Å². The van der Waals surface area contributed by atoms with E-state index in [0.29, 0.717) is 0 Å². The average molecular weight is 861 g/mol. The maximum Gasteiger partial charge on any atom is 0.432 e. The lowest BCUT2D eigenvalue weighted by atomic mass is 9.77. The van der Waals surface area contributed by atoms with E-state index in [1.807, 2.05) is 0 Å². The number of pyridine rings is 1.